The maximum absolute atomic E-state index is 13.0. The molecule has 0 aromatic heterocycles. The fourth-order valence-electron chi connectivity index (χ4n) is 5.02. The highest BCUT2D eigenvalue weighted by atomic mass is 16.2. The first-order chi connectivity index (χ1) is 19.7. The lowest BCUT2D eigenvalue weighted by Gasteiger charge is -2.27. The van der Waals surface area contributed by atoms with Crippen LogP contribution >= 0.6 is 0 Å². The number of hydrogen-bond acceptors (Lipinski definition) is 6. The van der Waals surface area contributed by atoms with Gasteiger partial charge in [-0.15, -0.1) is 0 Å². The number of piperidine rings is 1. The van der Waals surface area contributed by atoms with Crippen LogP contribution in [0.2, 0.25) is 0 Å². The van der Waals surface area contributed by atoms with Crippen LogP contribution in [0.4, 0.5) is 5.69 Å². The summed E-state index contributed by atoms with van der Waals surface area (Å²) in [5, 5.41) is 4.96. The number of carbonyl (C=O) groups is 5. The van der Waals surface area contributed by atoms with Crippen LogP contribution in [0.25, 0.3) is 6.08 Å². The third kappa shape index (κ3) is 6.09. The third-order valence-electron chi connectivity index (χ3n) is 7.24. The molecule has 0 aliphatic carbocycles. The number of anilines is 1. The van der Waals surface area contributed by atoms with Gasteiger partial charge in [0.1, 0.15) is 6.04 Å². The van der Waals surface area contributed by atoms with E-state index in [4.69, 9.17) is 0 Å². The van der Waals surface area contributed by atoms with Crippen molar-refractivity contribution >= 4 is 41.3 Å². The SMILES string of the molecule is Cc1ccccc1/C=C\N(C)Cc1ccc(CC(=O)Nc2ccc3c(c2)C(=O)N(C2CCC(=O)NC2=O)C3=O)cc1. The van der Waals surface area contributed by atoms with Gasteiger partial charge in [-0.2, -0.15) is 0 Å². The number of nitrogens with zero attached hydrogens (tertiary/aromatic N) is 2. The van der Waals surface area contributed by atoms with Gasteiger partial charge in [0.25, 0.3) is 11.8 Å². The van der Waals surface area contributed by atoms with E-state index in [9.17, 15) is 24.0 Å². The molecular weight excluding hydrogens is 520 g/mol. The molecule has 0 bridgehead atoms. The Morgan fingerprint density at radius 2 is 1.68 bits per heavy atom. The smallest absolute Gasteiger partial charge is 0.262 e. The summed E-state index contributed by atoms with van der Waals surface area (Å²) >= 11 is 0. The van der Waals surface area contributed by atoms with Crippen molar-refractivity contribution in [2.75, 3.05) is 12.4 Å². The summed E-state index contributed by atoms with van der Waals surface area (Å²) in [4.78, 5) is 65.3. The zero-order valence-electron chi connectivity index (χ0n) is 22.8. The monoisotopic (exact) mass is 550 g/mol. The number of benzene rings is 3. The van der Waals surface area contributed by atoms with Crippen LogP contribution in [0.1, 0.15) is 55.8 Å². The zero-order valence-corrected chi connectivity index (χ0v) is 22.8. The van der Waals surface area contributed by atoms with E-state index in [1.165, 1.54) is 23.3 Å². The van der Waals surface area contributed by atoms with Crippen molar-refractivity contribution in [3.63, 3.8) is 0 Å². The number of rotatable bonds is 8. The van der Waals surface area contributed by atoms with Crippen molar-refractivity contribution in [2.24, 2.45) is 0 Å². The molecule has 41 heavy (non-hydrogen) atoms. The molecule has 2 heterocycles. The van der Waals surface area contributed by atoms with E-state index < -0.39 is 29.7 Å². The first kappa shape index (κ1) is 27.5. The van der Waals surface area contributed by atoms with Crippen LogP contribution in [-0.2, 0) is 27.3 Å². The second-order valence-corrected chi connectivity index (χ2v) is 10.3. The number of imide groups is 2. The second-order valence-electron chi connectivity index (χ2n) is 10.3. The van der Waals surface area contributed by atoms with Crippen LogP contribution in [0, 0.1) is 6.92 Å². The Morgan fingerprint density at radius 1 is 0.976 bits per heavy atom. The molecule has 0 saturated carbocycles. The van der Waals surface area contributed by atoms with E-state index in [0.717, 1.165) is 16.0 Å². The number of amides is 5. The van der Waals surface area contributed by atoms with E-state index in [-0.39, 0.29) is 36.3 Å². The molecule has 1 atom stereocenters. The molecule has 1 unspecified atom stereocenters. The summed E-state index contributed by atoms with van der Waals surface area (Å²) in [6, 6.07) is 19.4. The summed E-state index contributed by atoms with van der Waals surface area (Å²) in [6.07, 6.45) is 4.40. The number of hydrogen-bond donors (Lipinski definition) is 2. The van der Waals surface area contributed by atoms with E-state index in [1.54, 1.807) is 6.07 Å². The lowest BCUT2D eigenvalue weighted by molar-refractivity contribution is -0.136. The summed E-state index contributed by atoms with van der Waals surface area (Å²) in [5.41, 5.74) is 4.98. The normalized spacial score (nSPS) is 16.6. The lowest BCUT2D eigenvalue weighted by atomic mass is 10.0. The number of aryl methyl sites for hydroxylation is 1. The lowest BCUT2D eigenvalue weighted by Crippen LogP contribution is -2.54. The average molecular weight is 551 g/mol. The van der Waals surface area contributed by atoms with Crippen LogP contribution in [0.3, 0.4) is 0 Å². The summed E-state index contributed by atoms with van der Waals surface area (Å²) < 4.78 is 0. The third-order valence-corrected chi connectivity index (χ3v) is 7.24. The van der Waals surface area contributed by atoms with Crippen LogP contribution in [-0.4, -0.2) is 52.4 Å². The highest BCUT2D eigenvalue weighted by Crippen LogP contribution is 2.29. The van der Waals surface area contributed by atoms with Crippen molar-refractivity contribution < 1.29 is 24.0 Å². The van der Waals surface area contributed by atoms with Crippen LogP contribution in [0.15, 0.2) is 72.9 Å². The maximum atomic E-state index is 13.0. The highest BCUT2D eigenvalue weighted by Gasteiger charge is 2.44. The Hall–Kier alpha value is -5.05. The van der Waals surface area contributed by atoms with Crippen molar-refractivity contribution in [2.45, 2.75) is 38.8 Å². The fourth-order valence-corrected chi connectivity index (χ4v) is 5.02. The fraction of sp³-hybridized carbons (Fsp3) is 0.219. The van der Waals surface area contributed by atoms with Gasteiger partial charge in [-0.05, 0) is 66.1 Å². The topological polar surface area (TPSA) is 116 Å². The van der Waals surface area contributed by atoms with Gasteiger partial charge in [-0.1, -0.05) is 48.5 Å². The van der Waals surface area contributed by atoms with Gasteiger partial charge in [-0.25, -0.2) is 0 Å². The molecule has 2 aliphatic rings. The van der Waals surface area contributed by atoms with Gasteiger partial charge < -0.3 is 10.2 Å². The zero-order chi connectivity index (χ0) is 29.1. The molecule has 5 amide bonds. The number of fused-ring (bicyclic) bond motifs is 1. The van der Waals surface area contributed by atoms with Crippen molar-refractivity contribution in [1.29, 1.82) is 0 Å². The Morgan fingerprint density at radius 3 is 2.41 bits per heavy atom. The van der Waals surface area contributed by atoms with E-state index in [2.05, 4.69) is 40.7 Å². The molecule has 0 spiro atoms. The molecular formula is C32H30N4O5. The molecule has 1 saturated heterocycles. The van der Waals surface area contributed by atoms with E-state index in [1.807, 2.05) is 49.6 Å². The minimum absolute atomic E-state index is 0.0494. The van der Waals surface area contributed by atoms with Crippen LogP contribution in [0.5, 0.6) is 0 Å². The Labute approximate surface area is 237 Å². The molecule has 208 valence electrons. The molecule has 2 aliphatic heterocycles. The van der Waals surface area contributed by atoms with Gasteiger partial charge in [-0.3, -0.25) is 34.2 Å². The van der Waals surface area contributed by atoms with Gasteiger partial charge >= 0.3 is 0 Å². The number of carbonyl (C=O) groups excluding carboxylic acids is 5. The molecule has 9 nitrogen and oxygen atoms in total. The van der Waals surface area contributed by atoms with Gasteiger partial charge in [0.05, 0.1) is 17.5 Å². The Kier molecular flexibility index (Phi) is 7.78. The average Bonchev–Trinajstić information content (AvgIpc) is 3.18. The van der Waals surface area contributed by atoms with Crippen molar-refractivity contribution in [3.05, 3.63) is 106 Å². The highest BCUT2D eigenvalue weighted by molar-refractivity contribution is 6.24. The van der Waals surface area contributed by atoms with Crippen molar-refractivity contribution in [1.82, 2.24) is 15.1 Å². The largest absolute Gasteiger partial charge is 0.376 e. The Balaban J connectivity index is 1.17. The maximum Gasteiger partial charge on any atom is 0.262 e. The first-order valence-electron chi connectivity index (χ1n) is 13.4. The predicted octanol–water partition coefficient (Wildman–Crippen LogP) is 3.68. The minimum atomic E-state index is -1.04. The van der Waals surface area contributed by atoms with E-state index >= 15 is 0 Å². The molecule has 2 N–H and O–H groups in total. The molecule has 9 heteroatoms. The summed E-state index contributed by atoms with van der Waals surface area (Å²) in [7, 11) is 2.01. The molecule has 5 rings (SSSR count). The molecule has 1 fully saturated rings. The summed E-state index contributed by atoms with van der Waals surface area (Å²) in [5.74, 6) is -2.57. The first-order valence-corrected chi connectivity index (χ1v) is 13.4. The van der Waals surface area contributed by atoms with Crippen LogP contribution < -0.4 is 10.6 Å². The second kappa shape index (κ2) is 11.6. The van der Waals surface area contributed by atoms with Crippen molar-refractivity contribution in [3.8, 4) is 0 Å². The quantitative estimate of drug-likeness (QED) is 0.414. The Bertz CT molecular complexity index is 1580. The molecule has 0 radical (unpaired) electrons. The summed E-state index contributed by atoms with van der Waals surface area (Å²) in [6.45, 7) is 2.80. The molecule has 3 aromatic rings. The standard InChI is InChI=1S/C32H30N4O5/c1-20-5-3-4-6-23(20)15-16-35(2)19-22-9-7-21(8-10-22)17-29(38)33-24-11-12-25-26(18-24)32(41)36(31(25)40)27-13-14-28(37)34-30(27)39/h3-12,15-16,18,27H,13-14,17,19H2,1-2H3,(H,33,38)(H,34,37,39)/b16-15-. The predicted molar refractivity (Wildman–Crippen MR) is 154 cm³/mol. The molecule has 3 aromatic carbocycles. The van der Waals surface area contributed by atoms with Gasteiger partial charge in [0.15, 0.2) is 0 Å². The minimum Gasteiger partial charge on any atom is -0.376 e. The van der Waals surface area contributed by atoms with Gasteiger partial charge in [0.2, 0.25) is 17.7 Å². The van der Waals surface area contributed by atoms with Gasteiger partial charge in [0, 0.05) is 25.7 Å². The number of nitrogens with one attached hydrogen (secondary N) is 2. The van der Waals surface area contributed by atoms with E-state index in [0.29, 0.717) is 12.2 Å².